The quantitative estimate of drug-likeness (QED) is 0.747. The Labute approximate surface area is 175 Å². The van der Waals surface area contributed by atoms with Crippen LogP contribution < -0.4 is 10.1 Å². The van der Waals surface area contributed by atoms with Crippen LogP contribution >= 0.6 is 0 Å². The minimum absolute atomic E-state index is 0.0796. The summed E-state index contributed by atoms with van der Waals surface area (Å²) in [5.74, 6) is -2.70. The second-order valence-electron chi connectivity index (χ2n) is 8.88. The Balaban J connectivity index is 1.62. The number of rotatable bonds is 5. The Kier molecular flexibility index (Phi) is 6.33. The van der Waals surface area contributed by atoms with Gasteiger partial charge in [0.2, 0.25) is 5.92 Å². The maximum atomic E-state index is 14.0. The van der Waals surface area contributed by atoms with Gasteiger partial charge in [-0.2, -0.15) is 5.10 Å². The third-order valence-corrected chi connectivity index (χ3v) is 4.93. The third kappa shape index (κ3) is 6.18. The summed E-state index contributed by atoms with van der Waals surface area (Å²) in [6.45, 7) is 7.32. The third-order valence-electron chi connectivity index (χ3n) is 4.93. The Morgan fingerprint density at radius 3 is 2.60 bits per heavy atom. The van der Waals surface area contributed by atoms with Crippen LogP contribution in [-0.4, -0.2) is 40.0 Å². The molecular formula is C22H29F2N3O3. The highest BCUT2D eigenvalue weighted by molar-refractivity contribution is 5.68. The molecule has 0 spiro atoms. The molecular weight excluding hydrogens is 392 g/mol. The van der Waals surface area contributed by atoms with Crippen LogP contribution in [0.4, 0.5) is 13.6 Å². The maximum absolute atomic E-state index is 14.0. The van der Waals surface area contributed by atoms with Gasteiger partial charge in [0.05, 0.1) is 18.5 Å². The molecule has 8 heteroatoms. The normalized spacial score (nSPS) is 21.1. The molecule has 1 aromatic heterocycles. The van der Waals surface area contributed by atoms with E-state index in [0.29, 0.717) is 5.75 Å². The van der Waals surface area contributed by atoms with Crippen molar-refractivity contribution >= 4 is 6.09 Å². The van der Waals surface area contributed by atoms with Crippen molar-refractivity contribution in [3.63, 3.8) is 0 Å². The number of amides is 1. The highest BCUT2D eigenvalue weighted by atomic mass is 19.3. The van der Waals surface area contributed by atoms with Crippen molar-refractivity contribution in [2.45, 2.75) is 64.5 Å². The van der Waals surface area contributed by atoms with Crippen LogP contribution in [0, 0.1) is 12.8 Å². The molecule has 30 heavy (non-hydrogen) atoms. The fraction of sp³-hybridized carbons (Fsp3) is 0.545. The summed E-state index contributed by atoms with van der Waals surface area (Å²) < 4.78 is 40.8. The van der Waals surface area contributed by atoms with Gasteiger partial charge in [0.25, 0.3) is 0 Å². The summed E-state index contributed by atoms with van der Waals surface area (Å²) in [6.07, 6.45) is 2.66. The number of alkyl carbamates (subject to hydrolysis) is 1. The van der Waals surface area contributed by atoms with Crippen LogP contribution in [0.15, 0.2) is 36.7 Å². The first kappa shape index (κ1) is 22.1. The number of aromatic nitrogens is 2. The average Bonchev–Trinajstić information content (AvgIpc) is 3.07. The van der Waals surface area contributed by atoms with E-state index in [-0.39, 0.29) is 25.9 Å². The molecule has 1 amide bonds. The first-order valence-electron chi connectivity index (χ1n) is 10.1. The van der Waals surface area contributed by atoms with Crippen molar-refractivity contribution < 1.29 is 23.0 Å². The zero-order valence-corrected chi connectivity index (χ0v) is 17.8. The van der Waals surface area contributed by atoms with E-state index in [4.69, 9.17) is 9.47 Å². The topological polar surface area (TPSA) is 65.4 Å². The maximum Gasteiger partial charge on any atom is 0.407 e. The highest BCUT2D eigenvalue weighted by Gasteiger charge is 2.42. The van der Waals surface area contributed by atoms with Crippen LogP contribution in [0.2, 0.25) is 0 Å². The molecule has 1 saturated carbocycles. The molecule has 164 valence electrons. The summed E-state index contributed by atoms with van der Waals surface area (Å²) >= 11 is 0. The predicted molar refractivity (Wildman–Crippen MR) is 109 cm³/mol. The fourth-order valence-corrected chi connectivity index (χ4v) is 3.51. The lowest BCUT2D eigenvalue weighted by Crippen LogP contribution is -2.49. The van der Waals surface area contributed by atoms with Crippen LogP contribution in [-0.2, 0) is 4.74 Å². The van der Waals surface area contributed by atoms with E-state index in [1.807, 2.05) is 25.3 Å². The number of nitrogens with one attached hydrogen (secondary N) is 1. The minimum atomic E-state index is -2.76. The number of hydrogen-bond acceptors (Lipinski definition) is 4. The zero-order valence-electron chi connectivity index (χ0n) is 17.8. The summed E-state index contributed by atoms with van der Waals surface area (Å²) in [6, 6.07) is 6.85. The highest BCUT2D eigenvalue weighted by Crippen LogP contribution is 2.37. The van der Waals surface area contributed by atoms with E-state index < -0.39 is 29.6 Å². The number of aryl methyl sites for hydroxylation is 1. The number of alkyl halides is 2. The van der Waals surface area contributed by atoms with E-state index in [2.05, 4.69) is 10.4 Å². The molecule has 1 heterocycles. The second-order valence-corrected chi connectivity index (χ2v) is 8.88. The number of carbonyl (C=O) groups excluding carboxylic acids is 1. The van der Waals surface area contributed by atoms with Crippen molar-refractivity contribution in [1.29, 1.82) is 0 Å². The molecule has 1 fully saturated rings. The average molecular weight is 421 g/mol. The minimum Gasteiger partial charge on any atom is -0.493 e. The first-order chi connectivity index (χ1) is 14.0. The van der Waals surface area contributed by atoms with Gasteiger partial charge >= 0.3 is 6.09 Å². The molecule has 2 unspecified atom stereocenters. The van der Waals surface area contributed by atoms with E-state index in [0.717, 1.165) is 11.3 Å². The van der Waals surface area contributed by atoms with Gasteiger partial charge in [0.15, 0.2) is 0 Å². The molecule has 1 N–H and O–H groups in total. The lowest BCUT2D eigenvalue weighted by atomic mass is 9.82. The molecule has 1 aliphatic rings. The first-order valence-corrected chi connectivity index (χ1v) is 10.1. The number of halogens is 2. The summed E-state index contributed by atoms with van der Waals surface area (Å²) in [5, 5.41) is 7.00. The van der Waals surface area contributed by atoms with Gasteiger partial charge in [-0.3, -0.25) is 0 Å². The van der Waals surface area contributed by atoms with Crippen molar-refractivity contribution in [3.8, 4) is 11.4 Å². The van der Waals surface area contributed by atoms with Gasteiger partial charge in [-0.05, 0) is 63.9 Å². The molecule has 2 aromatic rings. The zero-order chi connectivity index (χ0) is 21.9. The van der Waals surface area contributed by atoms with E-state index in [1.54, 1.807) is 43.8 Å². The van der Waals surface area contributed by atoms with E-state index in [1.165, 1.54) is 0 Å². The number of ether oxygens (including phenoxy) is 2. The lowest BCUT2D eigenvalue weighted by molar-refractivity contribution is -0.0690. The van der Waals surface area contributed by atoms with Gasteiger partial charge in [-0.25, -0.2) is 18.3 Å². The Bertz CT molecular complexity index is 859. The number of benzene rings is 1. The Morgan fingerprint density at radius 1 is 1.30 bits per heavy atom. The van der Waals surface area contributed by atoms with Crippen molar-refractivity contribution in [2.24, 2.45) is 5.92 Å². The molecule has 6 nitrogen and oxygen atoms in total. The number of nitrogens with zero attached hydrogens (tertiary/aromatic N) is 2. The van der Waals surface area contributed by atoms with Gasteiger partial charge < -0.3 is 14.8 Å². The predicted octanol–water partition coefficient (Wildman–Crippen LogP) is 4.89. The molecule has 3 rings (SSSR count). The molecule has 2 atom stereocenters. The van der Waals surface area contributed by atoms with Gasteiger partial charge in [-0.15, -0.1) is 0 Å². The Hall–Kier alpha value is -2.64. The standard InChI is InChI=1S/C22H29F2N3O3/c1-15-12-25-27(13-15)17-5-7-18(8-6-17)29-14-16-11-22(23,24)10-9-19(16)26-20(28)30-21(2,3)4/h5-8,12-13,16,19H,9-11,14H2,1-4H3,(H,26,28). The molecule has 1 aromatic carbocycles. The fourth-order valence-electron chi connectivity index (χ4n) is 3.51. The van der Waals surface area contributed by atoms with Crippen LogP contribution in [0.3, 0.4) is 0 Å². The molecule has 0 bridgehead atoms. The summed E-state index contributed by atoms with van der Waals surface area (Å²) in [5.41, 5.74) is 1.28. The van der Waals surface area contributed by atoms with E-state index >= 15 is 0 Å². The van der Waals surface area contributed by atoms with Gasteiger partial charge in [0, 0.05) is 31.0 Å². The smallest absolute Gasteiger partial charge is 0.407 e. The van der Waals surface area contributed by atoms with Crippen molar-refractivity contribution in [2.75, 3.05) is 6.61 Å². The van der Waals surface area contributed by atoms with Crippen LogP contribution in [0.25, 0.3) is 5.69 Å². The van der Waals surface area contributed by atoms with Crippen molar-refractivity contribution in [3.05, 3.63) is 42.2 Å². The van der Waals surface area contributed by atoms with Crippen LogP contribution in [0.1, 0.15) is 45.6 Å². The number of hydrogen-bond donors (Lipinski definition) is 1. The van der Waals surface area contributed by atoms with Gasteiger partial charge in [0.1, 0.15) is 11.4 Å². The monoisotopic (exact) mass is 421 g/mol. The molecule has 1 aliphatic carbocycles. The second kappa shape index (κ2) is 8.62. The molecule has 0 aliphatic heterocycles. The molecule has 0 saturated heterocycles. The molecule has 0 radical (unpaired) electrons. The Morgan fingerprint density at radius 2 is 2.00 bits per heavy atom. The van der Waals surface area contributed by atoms with Crippen molar-refractivity contribution in [1.82, 2.24) is 15.1 Å². The van der Waals surface area contributed by atoms with Gasteiger partial charge in [-0.1, -0.05) is 0 Å². The lowest BCUT2D eigenvalue weighted by Gasteiger charge is -2.36. The van der Waals surface area contributed by atoms with E-state index in [9.17, 15) is 13.6 Å². The SMILES string of the molecule is Cc1cnn(-c2ccc(OCC3CC(F)(F)CCC3NC(=O)OC(C)(C)C)cc2)c1. The van der Waals surface area contributed by atoms with Crippen LogP contribution in [0.5, 0.6) is 5.75 Å². The number of carbonyl (C=O) groups is 1. The largest absolute Gasteiger partial charge is 0.493 e. The summed E-state index contributed by atoms with van der Waals surface area (Å²) in [4.78, 5) is 12.1. The summed E-state index contributed by atoms with van der Waals surface area (Å²) in [7, 11) is 0.